The van der Waals surface area contributed by atoms with Crippen LogP contribution in [-0.4, -0.2) is 20.9 Å². The van der Waals surface area contributed by atoms with Crippen LogP contribution in [-0.2, 0) is 6.42 Å². The molecule has 3 rings (SSSR count). The lowest BCUT2D eigenvalue weighted by molar-refractivity contribution is 0.936. The van der Waals surface area contributed by atoms with Crippen LogP contribution < -0.4 is 5.73 Å². The number of benzene rings is 1. The van der Waals surface area contributed by atoms with E-state index in [1.165, 1.54) is 0 Å². The standard InChI is InChI=1S/C14H14N4/c15-7-6-13-10-18-9-12(8-16-14(18)17-13)11-4-2-1-3-5-11/h1-5,8-10H,6-7,15H2. The zero-order valence-corrected chi connectivity index (χ0v) is 9.95. The van der Waals surface area contributed by atoms with Crippen LogP contribution in [0.25, 0.3) is 16.9 Å². The van der Waals surface area contributed by atoms with Crippen LogP contribution in [0.4, 0.5) is 0 Å². The molecular formula is C14H14N4. The summed E-state index contributed by atoms with van der Waals surface area (Å²) in [6.07, 6.45) is 6.67. The lowest BCUT2D eigenvalue weighted by atomic mass is 10.1. The smallest absolute Gasteiger partial charge is 0.233 e. The summed E-state index contributed by atoms with van der Waals surface area (Å²) in [6.45, 7) is 0.607. The Morgan fingerprint density at radius 3 is 2.67 bits per heavy atom. The number of aromatic nitrogens is 3. The van der Waals surface area contributed by atoms with E-state index >= 15 is 0 Å². The van der Waals surface area contributed by atoms with Gasteiger partial charge in [0, 0.05) is 30.6 Å². The van der Waals surface area contributed by atoms with Gasteiger partial charge >= 0.3 is 0 Å². The summed E-state index contributed by atoms with van der Waals surface area (Å²) in [6, 6.07) is 10.2. The fourth-order valence-corrected chi connectivity index (χ4v) is 1.98. The third-order valence-electron chi connectivity index (χ3n) is 2.87. The van der Waals surface area contributed by atoms with Gasteiger partial charge in [0.2, 0.25) is 5.78 Å². The molecule has 0 radical (unpaired) electrons. The van der Waals surface area contributed by atoms with Crippen molar-refractivity contribution in [3.63, 3.8) is 0 Å². The molecule has 0 spiro atoms. The van der Waals surface area contributed by atoms with Gasteiger partial charge in [-0.15, -0.1) is 0 Å². The van der Waals surface area contributed by atoms with E-state index in [9.17, 15) is 0 Å². The van der Waals surface area contributed by atoms with Crippen LogP contribution in [0.5, 0.6) is 0 Å². The summed E-state index contributed by atoms with van der Waals surface area (Å²) in [5.41, 5.74) is 8.75. The molecule has 2 aromatic heterocycles. The minimum absolute atomic E-state index is 0.607. The van der Waals surface area contributed by atoms with Crippen molar-refractivity contribution >= 4 is 5.78 Å². The molecule has 0 saturated heterocycles. The predicted molar refractivity (Wildman–Crippen MR) is 71.2 cm³/mol. The number of imidazole rings is 1. The maximum Gasteiger partial charge on any atom is 0.233 e. The normalized spacial score (nSPS) is 10.9. The summed E-state index contributed by atoms with van der Waals surface area (Å²) in [7, 11) is 0. The maximum atomic E-state index is 5.53. The Labute approximate surface area is 105 Å². The van der Waals surface area contributed by atoms with Crippen molar-refractivity contribution in [3.05, 3.63) is 54.6 Å². The zero-order valence-electron chi connectivity index (χ0n) is 9.95. The van der Waals surface area contributed by atoms with Gasteiger partial charge in [-0.2, -0.15) is 0 Å². The monoisotopic (exact) mass is 238 g/mol. The van der Waals surface area contributed by atoms with Gasteiger partial charge in [-0.25, -0.2) is 9.97 Å². The molecule has 90 valence electrons. The van der Waals surface area contributed by atoms with E-state index in [2.05, 4.69) is 22.1 Å². The molecular weight excluding hydrogens is 224 g/mol. The molecule has 3 aromatic rings. The van der Waals surface area contributed by atoms with Crippen molar-refractivity contribution in [1.29, 1.82) is 0 Å². The van der Waals surface area contributed by atoms with Crippen molar-refractivity contribution in [3.8, 4) is 11.1 Å². The average Bonchev–Trinajstić information content (AvgIpc) is 2.81. The van der Waals surface area contributed by atoms with Gasteiger partial charge in [0.1, 0.15) is 0 Å². The minimum Gasteiger partial charge on any atom is -0.330 e. The summed E-state index contributed by atoms with van der Waals surface area (Å²) in [5, 5.41) is 0. The van der Waals surface area contributed by atoms with Crippen molar-refractivity contribution in [2.45, 2.75) is 6.42 Å². The van der Waals surface area contributed by atoms with Gasteiger partial charge < -0.3 is 5.73 Å². The topological polar surface area (TPSA) is 56.2 Å². The van der Waals surface area contributed by atoms with Crippen LogP contribution in [0.1, 0.15) is 5.69 Å². The Balaban J connectivity index is 2.05. The Kier molecular flexibility index (Phi) is 2.78. The molecule has 0 aliphatic rings. The molecule has 0 amide bonds. The van der Waals surface area contributed by atoms with Gasteiger partial charge in [0.05, 0.1) is 5.69 Å². The van der Waals surface area contributed by atoms with E-state index in [4.69, 9.17) is 5.73 Å². The van der Waals surface area contributed by atoms with Crippen LogP contribution in [0.15, 0.2) is 48.9 Å². The average molecular weight is 238 g/mol. The van der Waals surface area contributed by atoms with Gasteiger partial charge in [0.25, 0.3) is 0 Å². The molecule has 18 heavy (non-hydrogen) atoms. The van der Waals surface area contributed by atoms with E-state index in [0.29, 0.717) is 6.54 Å². The molecule has 0 aliphatic carbocycles. The summed E-state index contributed by atoms with van der Waals surface area (Å²) >= 11 is 0. The highest BCUT2D eigenvalue weighted by atomic mass is 15.1. The maximum absolute atomic E-state index is 5.53. The Morgan fingerprint density at radius 2 is 1.89 bits per heavy atom. The van der Waals surface area contributed by atoms with E-state index in [-0.39, 0.29) is 0 Å². The highest BCUT2D eigenvalue weighted by molar-refractivity contribution is 5.62. The molecule has 0 aliphatic heterocycles. The molecule has 4 nitrogen and oxygen atoms in total. The van der Waals surface area contributed by atoms with E-state index in [0.717, 1.165) is 29.0 Å². The second-order valence-electron chi connectivity index (χ2n) is 4.19. The van der Waals surface area contributed by atoms with E-state index in [1.807, 2.05) is 41.2 Å². The summed E-state index contributed by atoms with van der Waals surface area (Å²) in [4.78, 5) is 8.78. The molecule has 0 fully saturated rings. The predicted octanol–water partition coefficient (Wildman–Crippen LogP) is 1.90. The van der Waals surface area contributed by atoms with Crippen molar-refractivity contribution < 1.29 is 0 Å². The summed E-state index contributed by atoms with van der Waals surface area (Å²) in [5.74, 6) is 0.720. The third kappa shape index (κ3) is 1.98. The van der Waals surface area contributed by atoms with Crippen LogP contribution in [0, 0.1) is 0 Å². The lowest BCUT2D eigenvalue weighted by Gasteiger charge is -2.00. The largest absolute Gasteiger partial charge is 0.330 e. The zero-order chi connectivity index (χ0) is 12.4. The number of nitrogens with two attached hydrogens (primary N) is 1. The molecule has 4 heteroatoms. The highest BCUT2D eigenvalue weighted by Gasteiger charge is 2.04. The third-order valence-corrected chi connectivity index (χ3v) is 2.87. The van der Waals surface area contributed by atoms with Crippen molar-refractivity contribution in [2.75, 3.05) is 6.54 Å². The molecule has 0 bridgehead atoms. The molecule has 1 aromatic carbocycles. The Hall–Kier alpha value is -2.20. The van der Waals surface area contributed by atoms with Gasteiger partial charge in [-0.05, 0) is 12.1 Å². The Morgan fingerprint density at radius 1 is 1.06 bits per heavy atom. The van der Waals surface area contributed by atoms with Gasteiger partial charge in [-0.1, -0.05) is 30.3 Å². The second kappa shape index (κ2) is 4.58. The van der Waals surface area contributed by atoms with E-state index in [1.54, 1.807) is 0 Å². The van der Waals surface area contributed by atoms with Crippen molar-refractivity contribution in [1.82, 2.24) is 14.4 Å². The first kappa shape index (κ1) is 10.9. The second-order valence-corrected chi connectivity index (χ2v) is 4.19. The molecule has 0 atom stereocenters. The lowest BCUT2D eigenvalue weighted by Crippen LogP contribution is -2.02. The van der Waals surface area contributed by atoms with Gasteiger partial charge in [0.15, 0.2) is 0 Å². The number of hydrogen-bond donors (Lipinski definition) is 1. The van der Waals surface area contributed by atoms with Gasteiger partial charge in [-0.3, -0.25) is 4.40 Å². The van der Waals surface area contributed by atoms with Crippen molar-refractivity contribution in [2.24, 2.45) is 5.73 Å². The minimum atomic E-state index is 0.607. The van der Waals surface area contributed by atoms with E-state index < -0.39 is 0 Å². The number of nitrogens with zero attached hydrogens (tertiary/aromatic N) is 3. The molecule has 0 unspecified atom stereocenters. The summed E-state index contributed by atoms with van der Waals surface area (Å²) < 4.78 is 1.95. The molecule has 0 saturated carbocycles. The van der Waals surface area contributed by atoms with Crippen LogP contribution >= 0.6 is 0 Å². The molecule has 2 N–H and O–H groups in total. The fraction of sp³-hybridized carbons (Fsp3) is 0.143. The fourth-order valence-electron chi connectivity index (χ4n) is 1.98. The highest BCUT2D eigenvalue weighted by Crippen LogP contribution is 2.18. The number of fused-ring (bicyclic) bond motifs is 1. The molecule has 2 heterocycles. The SMILES string of the molecule is NCCc1cn2cc(-c3ccccc3)cnc2n1. The first-order chi connectivity index (χ1) is 8.86. The Bertz CT molecular complexity index is 658. The van der Waals surface area contributed by atoms with Crippen LogP contribution in [0.2, 0.25) is 0 Å². The first-order valence-corrected chi connectivity index (χ1v) is 5.96. The van der Waals surface area contributed by atoms with Crippen LogP contribution in [0.3, 0.4) is 0 Å². The number of hydrogen-bond acceptors (Lipinski definition) is 3. The number of rotatable bonds is 3. The first-order valence-electron chi connectivity index (χ1n) is 5.96. The quantitative estimate of drug-likeness (QED) is 0.758.